The highest BCUT2D eigenvalue weighted by atomic mass is 35.5. The molecule has 1 aromatic rings. The summed E-state index contributed by atoms with van der Waals surface area (Å²) in [6.45, 7) is 0.627. The number of nitrogens with zero attached hydrogens (tertiary/aromatic N) is 1. The Balaban J connectivity index is 1.47. The average Bonchev–Trinajstić information content (AvgIpc) is 2.47. The Morgan fingerprint density at radius 1 is 1.19 bits per heavy atom. The van der Waals surface area contributed by atoms with E-state index in [4.69, 9.17) is 27.9 Å². The van der Waals surface area contributed by atoms with E-state index in [9.17, 15) is 22.4 Å². The second kappa shape index (κ2) is 5.72. The smallest absolute Gasteiger partial charge is 0.370 e. The third-order valence-corrected chi connectivity index (χ3v) is 6.44. The summed E-state index contributed by atoms with van der Waals surface area (Å²) in [5.74, 6) is -0.924. The van der Waals surface area contributed by atoms with E-state index in [0.29, 0.717) is 12.1 Å². The van der Waals surface area contributed by atoms with Gasteiger partial charge in [0.05, 0.1) is 29.0 Å². The molecule has 4 aliphatic rings. The van der Waals surface area contributed by atoms with Crippen molar-refractivity contribution in [1.29, 1.82) is 0 Å². The van der Waals surface area contributed by atoms with Gasteiger partial charge in [-0.2, -0.15) is 13.2 Å². The highest BCUT2D eigenvalue weighted by molar-refractivity contribution is 6.35. The topological polar surface area (TPSA) is 29.5 Å². The Kier molecular flexibility index (Phi) is 4.03. The fourth-order valence-corrected chi connectivity index (χ4v) is 4.96. The predicted molar refractivity (Wildman–Crippen MR) is 86.5 cm³/mol. The summed E-state index contributed by atoms with van der Waals surface area (Å²) in [6, 6.07) is 2.44. The van der Waals surface area contributed by atoms with E-state index in [1.165, 1.54) is 17.0 Å². The van der Waals surface area contributed by atoms with Crippen LogP contribution in [-0.2, 0) is 9.53 Å². The van der Waals surface area contributed by atoms with Gasteiger partial charge in [-0.15, -0.1) is 0 Å². The number of ether oxygens (including phenoxy) is 1. The van der Waals surface area contributed by atoms with Crippen LogP contribution in [0.3, 0.4) is 0 Å². The first-order valence-corrected chi connectivity index (χ1v) is 8.95. The summed E-state index contributed by atoms with van der Waals surface area (Å²) in [6.07, 6.45) is -5.31. The molecule has 1 aliphatic heterocycles. The number of carbonyl (C=O) groups excluding carboxylic acids is 1. The Bertz CT molecular complexity index is 763. The molecule has 9 heteroatoms. The highest BCUT2D eigenvalue weighted by Gasteiger charge is 2.81. The predicted octanol–water partition coefficient (Wildman–Crippen LogP) is 4.77. The fraction of sp³-hybridized carbons (Fsp3) is 0.588. The van der Waals surface area contributed by atoms with Crippen molar-refractivity contribution in [2.24, 2.45) is 10.8 Å². The summed E-state index contributed by atoms with van der Waals surface area (Å²) >= 11 is 11.8. The molecule has 4 fully saturated rings. The van der Waals surface area contributed by atoms with Gasteiger partial charge < -0.3 is 9.64 Å². The van der Waals surface area contributed by atoms with Gasteiger partial charge in [-0.3, -0.25) is 4.79 Å². The Morgan fingerprint density at radius 3 is 2.46 bits per heavy atom. The number of rotatable bonds is 2. The molecule has 3 aliphatic carbocycles. The SMILES string of the molecule is O=C(N1CCO[C@@H](c2cc(F)c(Cl)cc2Cl)C1)C12CC(C(F)(F)F)(C1)C2. The minimum atomic E-state index is -4.25. The first-order valence-electron chi connectivity index (χ1n) is 8.19. The molecule has 1 amide bonds. The minimum Gasteiger partial charge on any atom is -0.370 e. The van der Waals surface area contributed by atoms with Crippen molar-refractivity contribution in [2.45, 2.75) is 31.5 Å². The van der Waals surface area contributed by atoms with Crippen molar-refractivity contribution in [3.05, 3.63) is 33.6 Å². The Hall–Kier alpha value is -1.05. The molecule has 3 nitrogen and oxygen atoms in total. The van der Waals surface area contributed by atoms with Gasteiger partial charge in [0.2, 0.25) is 5.91 Å². The normalized spacial score (nSPS) is 33.5. The number of amides is 1. The maximum Gasteiger partial charge on any atom is 0.394 e. The molecular formula is C17H15Cl2F4NO2. The number of carbonyl (C=O) groups is 1. The molecule has 5 rings (SSSR count). The van der Waals surface area contributed by atoms with Crippen LogP contribution in [0.25, 0.3) is 0 Å². The molecule has 26 heavy (non-hydrogen) atoms. The van der Waals surface area contributed by atoms with E-state index in [0.717, 1.165) is 0 Å². The van der Waals surface area contributed by atoms with Crippen LogP contribution in [0.5, 0.6) is 0 Å². The largest absolute Gasteiger partial charge is 0.394 e. The third kappa shape index (κ3) is 2.54. The van der Waals surface area contributed by atoms with Gasteiger partial charge >= 0.3 is 6.18 Å². The standard InChI is InChI=1S/C17H15Cl2F4NO2/c18-10-4-11(19)12(20)3-9(10)13-5-24(1-2-26-13)14(25)15-6-16(7-15,8-15)17(21,22)23/h3-4,13H,1-2,5-8H2/t13-,15?,16?/m1/s1. The van der Waals surface area contributed by atoms with Gasteiger partial charge in [-0.1, -0.05) is 23.2 Å². The Morgan fingerprint density at radius 2 is 1.85 bits per heavy atom. The summed E-state index contributed by atoms with van der Waals surface area (Å²) in [5, 5.41) is 0.103. The van der Waals surface area contributed by atoms with Crippen LogP contribution in [0.2, 0.25) is 10.0 Å². The van der Waals surface area contributed by atoms with E-state index in [2.05, 4.69) is 0 Å². The molecule has 1 atom stereocenters. The zero-order valence-electron chi connectivity index (χ0n) is 13.5. The van der Waals surface area contributed by atoms with Gasteiger partial charge in [-0.05, 0) is 31.4 Å². The van der Waals surface area contributed by atoms with E-state index in [1.54, 1.807) is 0 Å². The lowest BCUT2D eigenvalue weighted by Crippen LogP contribution is -2.73. The highest BCUT2D eigenvalue weighted by Crippen LogP contribution is 2.78. The first-order chi connectivity index (χ1) is 12.1. The van der Waals surface area contributed by atoms with Gasteiger partial charge in [0.1, 0.15) is 11.9 Å². The van der Waals surface area contributed by atoms with Crippen LogP contribution >= 0.6 is 23.2 Å². The number of alkyl halides is 3. The summed E-state index contributed by atoms with van der Waals surface area (Å²) < 4.78 is 58.3. The lowest BCUT2D eigenvalue weighted by atomic mass is 9.34. The molecule has 0 spiro atoms. The molecule has 0 radical (unpaired) electrons. The lowest BCUT2D eigenvalue weighted by molar-refractivity contribution is -0.353. The van der Waals surface area contributed by atoms with Crippen molar-refractivity contribution in [1.82, 2.24) is 4.90 Å². The average molecular weight is 412 g/mol. The molecule has 2 bridgehead atoms. The lowest BCUT2D eigenvalue weighted by Gasteiger charge is -2.69. The van der Waals surface area contributed by atoms with E-state index < -0.39 is 28.9 Å². The van der Waals surface area contributed by atoms with Crippen LogP contribution in [0.15, 0.2) is 12.1 Å². The van der Waals surface area contributed by atoms with Gasteiger partial charge in [0.15, 0.2) is 0 Å². The quantitative estimate of drug-likeness (QED) is 0.518. The number of benzene rings is 1. The molecule has 0 N–H and O–H groups in total. The van der Waals surface area contributed by atoms with Crippen molar-refractivity contribution in [2.75, 3.05) is 19.7 Å². The van der Waals surface area contributed by atoms with Gasteiger partial charge in [0.25, 0.3) is 0 Å². The number of halogens is 6. The van der Waals surface area contributed by atoms with Crippen LogP contribution < -0.4 is 0 Å². The van der Waals surface area contributed by atoms with E-state index in [1.807, 2.05) is 0 Å². The molecule has 3 saturated carbocycles. The summed E-state index contributed by atoms with van der Waals surface area (Å²) in [4.78, 5) is 14.3. The van der Waals surface area contributed by atoms with Crippen molar-refractivity contribution >= 4 is 29.1 Å². The maximum atomic E-state index is 13.8. The van der Waals surface area contributed by atoms with Crippen LogP contribution in [-0.4, -0.2) is 36.7 Å². The van der Waals surface area contributed by atoms with Crippen molar-refractivity contribution < 1.29 is 27.1 Å². The molecular weight excluding hydrogens is 397 g/mol. The van der Waals surface area contributed by atoms with Crippen LogP contribution in [0, 0.1) is 16.6 Å². The number of hydrogen-bond donors (Lipinski definition) is 0. The third-order valence-electron chi connectivity index (χ3n) is 5.83. The second-order valence-corrected chi connectivity index (χ2v) is 8.30. The van der Waals surface area contributed by atoms with Crippen molar-refractivity contribution in [3.63, 3.8) is 0 Å². The molecule has 1 heterocycles. The summed E-state index contributed by atoms with van der Waals surface area (Å²) in [7, 11) is 0. The van der Waals surface area contributed by atoms with Crippen molar-refractivity contribution in [3.8, 4) is 0 Å². The zero-order valence-corrected chi connectivity index (χ0v) is 15.0. The Labute approximate surface area is 157 Å². The molecule has 0 unspecified atom stereocenters. The molecule has 1 saturated heterocycles. The molecule has 1 aromatic carbocycles. The summed E-state index contributed by atoms with van der Waals surface area (Å²) in [5.41, 5.74) is -2.20. The zero-order chi connectivity index (χ0) is 18.9. The fourth-order valence-electron chi connectivity index (χ4n) is 4.46. The molecule has 0 aromatic heterocycles. The van der Waals surface area contributed by atoms with Gasteiger partial charge in [0, 0.05) is 17.1 Å². The van der Waals surface area contributed by atoms with Crippen LogP contribution in [0.4, 0.5) is 17.6 Å². The van der Waals surface area contributed by atoms with E-state index >= 15 is 0 Å². The van der Waals surface area contributed by atoms with Crippen LogP contribution in [0.1, 0.15) is 30.9 Å². The minimum absolute atomic E-state index is 0.117. The van der Waals surface area contributed by atoms with E-state index in [-0.39, 0.29) is 48.4 Å². The number of hydrogen-bond acceptors (Lipinski definition) is 2. The number of morpholine rings is 1. The van der Waals surface area contributed by atoms with Gasteiger partial charge in [-0.25, -0.2) is 4.39 Å². The molecule has 142 valence electrons. The maximum absolute atomic E-state index is 13.8. The second-order valence-electron chi connectivity index (χ2n) is 7.49. The monoisotopic (exact) mass is 411 g/mol. The first kappa shape index (κ1) is 18.3.